The van der Waals surface area contributed by atoms with E-state index in [2.05, 4.69) is 23.3 Å². The average Bonchev–Trinajstić information content (AvgIpc) is 2.80. The van der Waals surface area contributed by atoms with Gasteiger partial charge in [0.15, 0.2) is 0 Å². The van der Waals surface area contributed by atoms with Gasteiger partial charge in [-0.25, -0.2) is 4.98 Å². The Balaban J connectivity index is 2.02. The minimum atomic E-state index is 0.541. The third-order valence-corrected chi connectivity index (χ3v) is 2.83. The molecule has 1 aromatic carbocycles. The summed E-state index contributed by atoms with van der Waals surface area (Å²) in [6, 6.07) is 8.11. The summed E-state index contributed by atoms with van der Waals surface area (Å²) in [5.41, 5.74) is 2.25. The molecule has 0 saturated heterocycles. The van der Waals surface area contributed by atoms with Gasteiger partial charge in [0.25, 0.3) is 0 Å². The second-order valence-electron chi connectivity index (χ2n) is 4.17. The zero-order chi connectivity index (χ0) is 12.8. The van der Waals surface area contributed by atoms with E-state index in [1.807, 2.05) is 36.0 Å². The molecule has 0 spiro atoms. The molecular formula is C14H19N3O. The van der Waals surface area contributed by atoms with Crippen LogP contribution in [0.4, 0.5) is 0 Å². The van der Waals surface area contributed by atoms with Gasteiger partial charge >= 0.3 is 0 Å². The lowest BCUT2D eigenvalue weighted by Crippen LogP contribution is -2.13. The van der Waals surface area contributed by atoms with Gasteiger partial charge in [-0.15, -0.1) is 0 Å². The van der Waals surface area contributed by atoms with Gasteiger partial charge in [-0.1, -0.05) is 25.1 Å². The number of nitrogens with zero attached hydrogens (tertiary/aromatic N) is 2. The fraction of sp³-hybridized carbons (Fsp3) is 0.357. The Morgan fingerprint density at radius 2 is 2.17 bits per heavy atom. The number of hydrogen-bond donors (Lipinski definition) is 1. The van der Waals surface area contributed by atoms with Gasteiger partial charge in [-0.3, -0.25) is 0 Å². The van der Waals surface area contributed by atoms with Crippen LogP contribution in [0.2, 0.25) is 0 Å². The third kappa shape index (κ3) is 3.11. The van der Waals surface area contributed by atoms with Crippen LogP contribution in [0, 0.1) is 0 Å². The Kier molecular flexibility index (Phi) is 4.36. The number of benzene rings is 1. The maximum Gasteiger partial charge on any atom is 0.130 e. The molecule has 0 aliphatic carbocycles. The van der Waals surface area contributed by atoms with Crippen LogP contribution in [0.25, 0.3) is 0 Å². The molecule has 0 amide bonds. The molecule has 96 valence electrons. The maximum atomic E-state index is 5.86. The Morgan fingerprint density at radius 3 is 2.89 bits per heavy atom. The van der Waals surface area contributed by atoms with Crippen molar-refractivity contribution in [3.05, 3.63) is 48.0 Å². The lowest BCUT2D eigenvalue weighted by Gasteiger charge is -2.11. The van der Waals surface area contributed by atoms with E-state index < -0.39 is 0 Å². The minimum Gasteiger partial charge on any atom is -0.487 e. The molecule has 4 nitrogen and oxygen atoms in total. The van der Waals surface area contributed by atoms with E-state index in [1.54, 1.807) is 6.33 Å². The second kappa shape index (κ2) is 6.21. The molecule has 0 aliphatic heterocycles. The number of hydrogen-bond acceptors (Lipinski definition) is 3. The first-order valence-electron chi connectivity index (χ1n) is 6.18. The van der Waals surface area contributed by atoms with E-state index in [1.165, 1.54) is 5.56 Å². The van der Waals surface area contributed by atoms with Crippen LogP contribution >= 0.6 is 0 Å². The molecule has 0 fully saturated rings. The Morgan fingerprint density at radius 1 is 1.33 bits per heavy atom. The molecule has 18 heavy (non-hydrogen) atoms. The van der Waals surface area contributed by atoms with Crippen molar-refractivity contribution in [1.82, 2.24) is 14.9 Å². The number of nitrogens with one attached hydrogen (secondary N) is 1. The smallest absolute Gasteiger partial charge is 0.130 e. The lowest BCUT2D eigenvalue weighted by molar-refractivity contribution is 0.293. The number of ether oxygens (including phenoxy) is 1. The van der Waals surface area contributed by atoms with Crippen molar-refractivity contribution in [3.8, 4) is 5.75 Å². The molecular weight excluding hydrogens is 226 g/mol. The van der Waals surface area contributed by atoms with Crippen LogP contribution in [0.3, 0.4) is 0 Å². The number of imidazole rings is 1. The van der Waals surface area contributed by atoms with Gasteiger partial charge in [-0.2, -0.15) is 0 Å². The summed E-state index contributed by atoms with van der Waals surface area (Å²) in [5, 5.41) is 3.31. The summed E-state index contributed by atoms with van der Waals surface area (Å²) in [4.78, 5) is 4.08. The molecule has 0 radical (unpaired) electrons. The molecule has 0 aliphatic rings. The first-order valence-corrected chi connectivity index (χ1v) is 6.18. The highest BCUT2D eigenvalue weighted by atomic mass is 16.5. The van der Waals surface area contributed by atoms with Crippen molar-refractivity contribution in [2.45, 2.75) is 20.1 Å². The SMILES string of the molecule is CCNCc1ccccc1OCc1cncn1C. The highest BCUT2D eigenvalue weighted by molar-refractivity contribution is 5.33. The summed E-state index contributed by atoms with van der Waals surface area (Å²) in [6.45, 7) is 4.42. The first-order chi connectivity index (χ1) is 8.81. The van der Waals surface area contributed by atoms with Gasteiger partial charge in [0.05, 0.1) is 18.2 Å². The topological polar surface area (TPSA) is 39.1 Å². The molecule has 0 bridgehead atoms. The van der Waals surface area contributed by atoms with E-state index >= 15 is 0 Å². The summed E-state index contributed by atoms with van der Waals surface area (Å²) < 4.78 is 7.82. The van der Waals surface area contributed by atoms with Crippen LogP contribution in [0.5, 0.6) is 5.75 Å². The van der Waals surface area contributed by atoms with E-state index in [0.717, 1.165) is 24.5 Å². The second-order valence-corrected chi connectivity index (χ2v) is 4.17. The minimum absolute atomic E-state index is 0.541. The van der Waals surface area contributed by atoms with E-state index in [-0.39, 0.29) is 0 Å². The maximum absolute atomic E-state index is 5.86. The summed E-state index contributed by atoms with van der Waals surface area (Å²) in [5.74, 6) is 0.930. The van der Waals surface area contributed by atoms with E-state index in [4.69, 9.17) is 4.74 Å². The number of aryl methyl sites for hydroxylation is 1. The Labute approximate surface area is 108 Å². The quantitative estimate of drug-likeness (QED) is 0.847. The van der Waals surface area contributed by atoms with Gasteiger partial charge in [0.2, 0.25) is 0 Å². The van der Waals surface area contributed by atoms with Crippen molar-refractivity contribution in [3.63, 3.8) is 0 Å². The van der Waals surface area contributed by atoms with Gasteiger partial charge in [0, 0.05) is 19.2 Å². The molecule has 1 heterocycles. The van der Waals surface area contributed by atoms with Crippen LogP contribution in [0.1, 0.15) is 18.2 Å². The predicted molar refractivity (Wildman–Crippen MR) is 71.4 cm³/mol. The summed E-state index contributed by atoms with van der Waals surface area (Å²) >= 11 is 0. The molecule has 2 aromatic rings. The number of rotatable bonds is 6. The normalized spacial score (nSPS) is 10.6. The fourth-order valence-electron chi connectivity index (χ4n) is 1.73. The number of para-hydroxylation sites is 1. The van der Waals surface area contributed by atoms with Gasteiger partial charge in [0.1, 0.15) is 12.4 Å². The largest absolute Gasteiger partial charge is 0.487 e. The van der Waals surface area contributed by atoms with Crippen LogP contribution in [-0.4, -0.2) is 16.1 Å². The first kappa shape index (κ1) is 12.6. The van der Waals surface area contributed by atoms with Crippen LogP contribution in [-0.2, 0) is 20.2 Å². The van der Waals surface area contributed by atoms with Crippen molar-refractivity contribution < 1.29 is 4.74 Å². The highest BCUT2D eigenvalue weighted by Crippen LogP contribution is 2.19. The van der Waals surface area contributed by atoms with Crippen molar-refractivity contribution >= 4 is 0 Å². The average molecular weight is 245 g/mol. The predicted octanol–water partition coefficient (Wildman–Crippen LogP) is 2.11. The third-order valence-electron chi connectivity index (χ3n) is 2.83. The molecule has 1 N–H and O–H groups in total. The van der Waals surface area contributed by atoms with Gasteiger partial charge in [-0.05, 0) is 12.6 Å². The van der Waals surface area contributed by atoms with Crippen molar-refractivity contribution in [2.24, 2.45) is 7.05 Å². The van der Waals surface area contributed by atoms with E-state index in [0.29, 0.717) is 6.61 Å². The van der Waals surface area contributed by atoms with Gasteiger partial charge < -0.3 is 14.6 Å². The molecule has 0 saturated carbocycles. The molecule has 2 rings (SSSR count). The van der Waals surface area contributed by atoms with Crippen LogP contribution in [0.15, 0.2) is 36.8 Å². The lowest BCUT2D eigenvalue weighted by atomic mass is 10.2. The number of aromatic nitrogens is 2. The highest BCUT2D eigenvalue weighted by Gasteiger charge is 2.04. The summed E-state index contributed by atoms with van der Waals surface area (Å²) in [7, 11) is 1.97. The molecule has 1 aromatic heterocycles. The standard InChI is InChI=1S/C14H19N3O/c1-3-15-8-12-6-4-5-7-14(12)18-10-13-9-16-11-17(13)2/h4-7,9,11,15H,3,8,10H2,1-2H3. The zero-order valence-corrected chi connectivity index (χ0v) is 10.9. The Bertz CT molecular complexity index is 493. The van der Waals surface area contributed by atoms with Crippen molar-refractivity contribution in [1.29, 1.82) is 0 Å². The molecule has 0 unspecified atom stereocenters. The zero-order valence-electron chi connectivity index (χ0n) is 10.9. The molecule has 0 atom stereocenters. The van der Waals surface area contributed by atoms with Crippen molar-refractivity contribution in [2.75, 3.05) is 6.54 Å². The summed E-state index contributed by atoms with van der Waals surface area (Å²) in [6.07, 6.45) is 3.61. The van der Waals surface area contributed by atoms with E-state index in [9.17, 15) is 0 Å². The monoisotopic (exact) mass is 245 g/mol. The van der Waals surface area contributed by atoms with Crippen LogP contribution < -0.4 is 10.1 Å². The molecule has 4 heteroatoms. The Hall–Kier alpha value is -1.81. The fourth-order valence-corrected chi connectivity index (χ4v) is 1.73.